The second-order valence-electron chi connectivity index (χ2n) is 4.03. The molecular weight excluding hydrogens is 273 g/mol. The van der Waals surface area contributed by atoms with Gasteiger partial charge in [-0.1, -0.05) is 6.92 Å². The predicted molar refractivity (Wildman–Crippen MR) is 66.9 cm³/mol. The first-order chi connectivity index (χ1) is 9.29. The molecule has 0 saturated heterocycles. The van der Waals surface area contributed by atoms with Gasteiger partial charge in [-0.25, -0.2) is 9.18 Å². The van der Waals surface area contributed by atoms with E-state index in [1.165, 1.54) is 6.92 Å². The van der Waals surface area contributed by atoms with Gasteiger partial charge in [0.15, 0.2) is 0 Å². The summed E-state index contributed by atoms with van der Waals surface area (Å²) >= 11 is 0. The van der Waals surface area contributed by atoms with E-state index < -0.39 is 34.3 Å². The lowest BCUT2D eigenvalue weighted by Crippen LogP contribution is -2.34. The van der Waals surface area contributed by atoms with Crippen molar-refractivity contribution < 1.29 is 24.0 Å². The van der Waals surface area contributed by atoms with E-state index in [2.05, 4.69) is 10.6 Å². The fourth-order valence-corrected chi connectivity index (χ4v) is 1.26. The average Bonchev–Trinajstić information content (AvgIpc) is 2.34. The number of urea groups is 1. The van der Waals surface area contributed by atoms with Gasteiger partial charge in [0.05, 0.1) is 22.6 Å². The third-order valence-electron chi connectivity index (χ3n) is 2.34. The van der Waals surface area contributed by atoms with E-state index in [9.17, 15) is 24.1 Å². The van der Waals surface area contributed by atoms with Crippen LogP contribution in [0.25, 0.3) is 0 Å². The van der Waals surface area contributed by atoms with Gasteiger partial charge in [-0.3, -0.25) is 14.9 Å². The molecule has 0 fully saturated rings. The summed E-state index contributed by atoms with van der Waals surface area (Å²) in [7, 11) is 0. The summed E-state index contributed by atoms with van der Waals surface area (Å²) in [6.45, 7) is 1.27. The van der Waals surface area contributed by atoms with E-state index in [1.54, 1.807) is 0 Å². The highest BCUT2D eigenvalue weighted by Crippen LogP contribution is 2.19. The maximum atomic E-state index is 13.1. The number of carbonyl (C=O) groups is 2. The summed E-state index contributed by atoms with van der Waals surface area (Å²) in [5.41, 5.74) is -0.601. The standard InChI is InChI=1S/C11H12FN3O5/c1-6(10(16)17)5-13-11(18)14-8-2-7(12)3-9(4-8)15(19)20/h2-4,6H,5H2,1H3,(H,16,17)(H2,13,14,18). The van der Waals surface area contributed by atoms with Crippen molar-refractivity contribution >= 4 is 23.4 Å². The Morgan fingerprint density at radius 1 is 1.45 bits per heavy atom. The number of nitrogens with zero attached hydrogens (tertiary/aromatic N) is 1. The number of rotatable bonds is 5. The fourth-order valence-electron chi connectivity index (χ4n) is 1.26. The third-order valence-corrected chi connectivity index (χ3v) is 2.34. The molecule has 20 heavy (non-hydrogen) atoms. The zero-order chi connectivity index (χ0) is 15.3. The van der Waals surface area contributed by atoms with Crippen LogP contribution in [-0.4, -0.2) is 28.6 Å². The van der Waals surface area contributed by atoms with E-state index in [1.807, 2.05) is 0 Å². The van der Waals surface area contributed by atoms with Crippen LogP contribution in [0.3, 0.4) is 0 Å². The number of hydrogen-bond donors (Lipinski definition) is 3. The van der Waals surface area contributed by atoms with Crippen molar-refractivity contribution in [3.05, 3.63) is 34.1 Å². The van der Waals surface area contributed by atoms with E-state index >= 15 is 0 Å². The van der Waals surface area contributed by atoms with Crippen LogP contribution in [0.4, 0.5) is 20.6 Å². The molecule has 0 aliphatic rings. The van der Waals surface area contributed by atoms with E-state index in [4.69, 9.17) is 5.11 Å². The van der Waals surface area contributed by atoms with Gasteiger partial charge in [0.2, 0.25) is 0 Å². The van der Waals surface area contributed by atoms with Crippen LogP contribution < -0.4 is 10.6 Å². The Morgan fingerprint density at radius 2 is 2.10 bits per heavy atom. The van der Waals surface area contributed by atoms with Crippen molar-refractivity contribution in [2.75, 3.05) is 11.9 Å². The number of amides is 2. The molecule has 0 saturated carbocycles. The minimum absolute atomic E-state index is 0.0998. The van der Waals surface area contributed by atoms with E-state index in [-0.39, 0.29) is 12.2 Å². The molecule has 0 heterocycles. The normalized spacial score (nSPS) is 11.5. The summed E-state index contributed by atoms with van der Waals surface area (Å²) in [5, 5.41) is 23.6. The first-order valence-corrected chi connectivity index (χ1v) is 5.52. The van der Waals surface area contributed by atoms with Crippen molar-refractivity contribution in [3.63, 3.8) is 0 Å². The number of carbonyl (C=O) groups excluding carboxylic acids is 1. The first-order valence-electron chi connectivity index (χ1n) is 5.52. The second-order valence-corrected chi connectivity index (χ2v) is 4.03. The second kappa shape index (κ2) is 6.45. The number of nitro benzene ring substituents is 1. The molecule has 3 N–H and O–H groups in total. The van der Waals surface area contributed by atoms with Gasteiger partial charge >= 0.3 is 12.0 Å². The molecule has 0 radical (unpaired) electrons. The molecule has 0 aliphatic carbocycles. The van der Waals surface area contributed by atoms with Crippen molar-refractivity contribution in [1.82, 2.24) is 5.32 Å². The average molecular weight is 285 g/mol. The number of carboxylic acid groups (broad SMARTS) is 1. The molecule has 8 nitrogen and oxygen atoms in total. The number of nitrogens with one attached hydrogen (secondary N) is 2. The van der Waals surface area contributed by atoms with Gasteiger partial charge in [0, 0.05) is 12.6 Å². The number of hydrogen-bond acceptors (Lipinski definition) is 4. The zero-order valence-electron chi connectivity index (χ0n) is 10.4. The minimum Gasteiger partial charge on any atom is -0.481 e. The van der Waals surface area contributed by atoms with Crippen LogP contribution >= 0.6 is 0 Å². The highest BCUT2D eigenvalue weighted by Gasteiger charge is 2.14. The lowest BCUT2D eigenvalue weighted by atomic mass is 10.2. The Labute approximate surface area is 112 Å². The highest BCUT2D eigenvalue weighted by atomic mass is 19.1. The highest BCUT2D eigenvalue weighted by molar-refractivity contribution is 5.89. The number of nitro groups is 1. The van der Waals surface area contributed by atoms with Crippen LogP contribution in [0.2, 0.25) is 0 Å². The maximum absolute atomic E-state index is 13.1. The molecular formula is C11H12FN3O5. The number of halogens is 1. The lowest BCUT2D eigenvalue weighted by molar-refractivity contribution is -0.385. The first kappa shape index (κ1) is 15.3. The fraction of sp³-hybridized carbons (Fsp3) is 0.273. The number of non-ortho nitro benzene ring substituents is 1. The Kier molecular flexibility index (Phi) is 4.95. The smallest absolute Gasteiger partial charge is 0.319 e. The number of carboxylic acids is 1. The molecule has 1 atom stereocenters. The quantitative estimate of drug-likeness (QED) is 0.560. The van der Waals surface area contributed by atoms with Gasteiger partial charge in [-0.2, -0.15) is 0 Å². The maximum Gasteiger partial charge on any atom is 0.319 e. The summed E-state index contributed by atoms with van der Waals surface area (Å²) in [4.78, 5) is 31.7. The van der Waals surface area contributed by atoms with E-state index in [0.29, 0.717) is 0 Å². The van der Waals surface area contributed by atoms with Crippen molar-refractivity contribution in [3.8, 4) is 0 Å². The summed E-state index contributed by atoms with van der Waals surface area (Å²) in [6.07, 6.45) is 0. The SMILES string of the molecule is CC(CNC(=O)Nc1cc(F)cc([N+](=O)[O-])c1)C(=O)O. The summed E-state index contributed by atoms with van der Waals surface area (Å²) in [6, 6.07) is 1.84. The number of benzene rings is 1. The van der Waals surface area contributed by atoms with Crippen molar-refractivity contribution in [1.29, 1.82) is 0 Å². The molecule has 0 aromatic heterocycles. The van der Waals surface area contributed by atoms with Crippen LogP contribution in [0.1, 0.15) is 6.92 Å². The monoisotopic (exact) mass is 285 g/mol. The van der Waals surface area contributed by atoms with Crippen LogP contribution in [0.5, 0.6) is 0 Å². The Bertz CT molecular complexity index is 549. The molecule has 1 aromatic rings. The predicted octanol–water partition coefficient (Wildman–Crippen LogP) is 1.58. The summed E-state index contributed by atoms with van der Waals surface area (Å²) < 4.78 is 13.1. The molecule has 1 rings (SSSR count). The van der Waals surface area contributed by atoms with Crippen LogP contribution in [-0.2, 0) is 4.79 Å². The van der Waals surface area contributed by atoms with Crippen molar-refractivity contribution in [2.24, 2.45) is 5.92 Å². The molecule has 0 bridgehead atoms. The van der Waals surface area contributed by atoms with Gasteiger partial charge < -0.3 is 15.7 Å². The Morgan fingerprint density at radius 3 is 2.65 bits per heavy atom. The molecule has 2 amide bonds. The topological polar surface area (TPSA) is 122 Å². The van der Waals surface area contributed by atoms with Crippen LogP contribution in [0.15, 0.2) is 18.2 Å². The van der Waals surface area contributed by atoms with E-state index in [0.717, 1.165) is 18.2 Å². The molecule has 108 valence electrons. The number of aliphatic carboxylic acids is 1. The summed E-state index contributed by atoms with van der Waals surface area (Å²) in [5.74, 6) is -2.73. The Balaban J connectivity index is 2.66. The third kappa shape index (κ3) is 4.52. The number of anilines is 1. The lowest BCUT2D eigenvalue weighted by Gasteiger charge is -2.09. The molecule has 9 heteroatoms. The largest absolute Gasteiger partial charge is 0.481 e. The van der Waals surface area contributed by atoms with Crippen molar-refractivity contribution in [2.45, 2.75) is 6.92 Å². The molecule has 1 unspecified atom stereocenters. The Hall–Kier alpha value is -2.71. The molecule has 0 aliphatic heterocycles. The molecule has 1 aromatic carbocycles. The van der Waals surface area contributed by atoms with Gasteiger partial charge in [0.1, 0.15) is 5.82 Å². The van der Waals surface area contributed by atoms with Gasteiger partial charge in [-0.05, 0) is 6.07 Å². The van der Waals surface area contributed by atoms with Gasteiger partial charge in [-0.15, -0.1) is 0 Å². The molecule has 0 spiro atoms. The van der Waals surface area contributed by atoms with Crippen LogP contribution in [0, 0.1) is 21.8 Å². The minimum atomic E-state index is -1.08. The zero-order valence-corrected chi connectivity index (χ0v) is 10.4. The van der Waals surface area contributed by atoms with Gasteiger partial charge in [0.25, 0.3) is 5.69 Å².